The maximum absolute atomic E-state index is 9.28. The van der Waals surface area contributed by atoms with Crippen molar-refractivity contribution in [3.63, 3.8) is 0 Å². The Bertz CT molecular complexity index is 303. The summed E-state index contributed by atoms with van der Waals surface area (Å²) in [6.07, 6.45) is -0.264. The molecule has 1 aromatic rings. The van der Waals surface area contributed by atoms with E-state index in [1.54, 1.807) is 0 Å². The zero-order valence-corrected chi connectivity index (χ0v) is 10.8. The summed E-state index contributed by atoms with van der Waals surface area (Å²) in [7, 11) is 2.03. The molecular weight excluding hydrogens is 198 g/mol. The van der Waals surface area contributed by atoms with Crippen molar-refractivity contribution < 1.29 is 5.11 Å². The van der Waals surface area contributed by atoms with Gasteiger partial charge in [0.1, 0.15) is 0 Å². The largest absolute Gasteiger partial charge is 0.392 e. The number of nitrogens with zero attached hydrogens (tertiary/aromatic N) is 1. The molecular formula is C14H23NO. The van der Waals surface area contributed by atoms with Crippen molar-refractivity contribution in [1.29, 1.82) is 0 Å². The molecule has 90 valence electrons. The van der Waals surface area contributed by atoms with Gasteiger partial charge in [-0.15, -0.1) is 0 Å². The Morgan fingerprint density at radius 1 is 1.12 bits per heavy atom. The third-order valence-corrected chi connectivity index (χ3v) is 2.67. The van der Waals surface area contributed by atoms with Crippen LogP contribution in [-0.2, 0) is 6.54 Å². The van der Waals surface area contributed by atoms with Gasteiger partial charge in [0, 0.05) is 13.1 Å². The molecule has 1 N–H and O–H groups in total. The summed E-state index contributed by atoms with van der Waals surface area (Å²) in [6, 6.07) is 8.73. The highest BCUT2D eigenvalue weighted by Crippen LogP contribution is 2.15. The standard InChI is InChI=1S/C14H23NO/c1-11(2)14-7-5-13(6-8-14)10-15(4)9-12(3)16/h5-8,11-12,16H,9-10H2,1-4H3. The minimum Gasteiger partial charge on any atom is -0.392 e. The first-order valence-corrected chi connectivity index (χ1v) is 5.94. The van der Waals surface area contributed by atoms with Crippen LogP contribution in [0.2, 0.25) is 0 Å². The SMILES string of the molecule is CC(O)CN(C)Cc1ccc(C(C)C)cc1. The lowest BCUT2D eigenvalue weighted by Gasteiger charge is -2.18. The van der Waals surface area contributed by atoms with Crippen molar-refractivity contribution in [2.75, 3.05) is 13.6 Å². The fourth-order valence-electron chi connectivity index (χ4n) is 1.84. The van der Waals surface area contributed by atoms with Gasteiger partial charge in [0.2, 0.25) is 0 Å². The van der Waals surface area contributed by atoms with Gasteiger partial charge in [-0.05, 0) is 31.0 Å². The molecule has 0 radical (unpaired) electrons. The van der Waals surface area contributed by atoms with Crippen molar-refractivity contribution >= 4 is 0 Å². The molecule has 0 aliphatic carbocycles. The number of hydrogen-bond donors (Lipinski definition) is 1. The maximum Gasteiger partial charge on any atom is 0.0639 e. The highest BCUT2D eigenvalue weighted by molar-refractivity contribution is 5.24. The van der Waals surface area contributed by atoms with Crippen LogP contribution in [0.5, 0.6) is 0 Å². The summed E-state index contributed by atoms with van der Waals surface area (Å²) in [4.78, 5) is 2.13. The van der Waals surface area contributed by atoms with Crippen LogP contribution in [-0.4, -0.2) is 29.7 Å². The monoisotopic (exact) mass is 221 g/mol. The van der Waals surface area contributed by atoms with E-state index in [2.05, 4.69) is 43.0 Å². The molecule has 2 heteroatoms. The van der Waals surface area contributed by atoms with E-state index in [-0.39, 0.29) is 6.10 Å². The summed E-state index contributed by atoms with van der Waals surface area (Å²) in [6.45, 7) is 7.83. The number of rotatable bonds is 5. The van der Waals surface area contributed by atoms with Crippen LogP contribution in [0.25, 0.3) is 0 Å². The molecule has 1 atom stereocenters. The van der Waals surface area contributed by atoms with Gasteiger partial charge in [0.25, 0.3) is 0 Å². The minimum atomic E-state index is -0.264. The Morgan fingerprint density at radius 3 is 2.12 bits per heavy atom. The normalized spacial score (nSPS) is 13.4. The second kappa shape index (κ2) is 6.02. The molecule has 0 spiro atoms. The van der Waals surface area contributed by atoms with E-state index in [1.807, 2.05) is 14.0 Å². The Hall–Kier alpha value is -0.860. The van der Waals surface area contributed by atoms with Gasteiger partial charge in [-0.25, -0.2) is 0 Å². The van der Waals surface area contributed by atoms with Crippen molar-refractivity contribution in [1.82, 2.24) is 4.90 Å². The number of aliphatic hydroxyl groups is 1. The number of benzene rings is 1. The van der Waals surface area contributed by atoms with Gasteiger partial charge < -0.3 is 5.11 Å². The molecule has 1 rings (SSSR count). The first kappa shape index (κ1) is 13.2. The Balaban J connectivity index is 2.55. The van der Waals surface area contributed by atoms with E-state index >= 15 is 0 Å². The summed E-state index contributed by atoms with van der Waals surface area (Å²) in [5, 5.41) is 9.28. The van der Waals surface area contributed by atoms with Crippen molar-refractivity contribution in [2.24, 2.45) is 0 Å². The van der Waals surface area contributed by atoms with E-state index in [0.29, 0.717) is 12.5 Å². The molecule has 0 aliphatic rings. The topological polar surface area (TPSA) is 23.5 Å². The fraction of sp³-hybridized carbons (Fsp3) is 0.571. The molecule has 0 saturated carbocycles. The van der Waals surface area contributed by atoms with Crippen molar-refractivity contribution in [3.05, 3.63) is 35.4 Å². The number of hydrogen-bond acceptors (Lipinski definition) is 2. The third-order valence-electron chi connectivity index (χ3n) is 2.67. The van der Waals surface area contributed by atoms with Gasteiger partial charge in [0.05, 0.1) is 6.10 Å². The second-order valence-electron chi connectivity index (χ2n) is 4.94. The Morgan fingerprint density at radius 2 is 1.69 bits per heavy atom. The van der Waals surface area contributed by atoms with Gasteiger partial charge in [0.15, 0.2) is 0 Å². The van der Waals surface area contributed by atoms with E-state index in [0.717, 1.165) is 6.54 Å². The average Bonchev–Trinajstić information content (AvgIpc) is 2.16. The minimum absolute atomic E-state index is 0.264. The predicted molar refractivity (Wildman–Crippen MR) is 68.5 cm³/mol. The van der Waals surface area contributed by atoms with Crippen LogP contribution in [0, 0.1) is 0 Å². The molecule has 1 aromatic carbocycles. The van der Waals surface area contributed by atoms with Gasteiger partial charge in [-0.3, -0.25) is 4.90 Å². The van der Waals surface area contributed by atoms with Crippen LogP contribution < -0.4 is 0 Å². The molecule has 0 saturated heterocycles. The van der Waals surface area contributed by atoms with Gasteiger partial charge in [-0.1, -0.05) is 38.1 Å². The zero-order chi connectivity index (χ0) is 12.1. The first-order valence-electron chi connectivity index (χ1n) is 5.94. The van der Waals surface area contributed by atoms with Gasteiger partial charge >= 0.3 is 0 Å². The number of aliphatic hydroxyl groups excluding tert-OH is 1. The van der Waals surface area contributed by atoms with Gasteiger partial charge in [-0.2, -0.15) is 0 Å². The van der Waals surface area contributed by atoms with Crippen LogP contribution in [0.4, 0.5) is 0 Å². The van der Waals surface area contributed by atoms with Crippen LogP contribution >= 0.6 is 0 Å². The number of likely N-dealkylation sites (N-methyl/N-ethyl adjacent to an activating group) is 1. The lowest BCUT2D eigenvalue weighted by molar-refractivity contribution is 0.138. The lowest BCUT2D eigenvalue weighted by Crippen LogP contribution is -2.26. The molecule has 0 aromatic heterocycles. The zero-order valence-electron chi connectivity index (χ0n) is 10.8. The second-order valence-corrected chi connectivity index (χ2v) is 4.94. The summed E-state index contributed by atoms with van der Waals surface area (Å²) < 4.78 is 0. The first-order chi connectivity index (χ1) is 7.49. The van der Waals surface area contributed by atoms with E-state index in [1.165, 1.54) is 11.1 Å². The van der Waals surface area contributed by atoms with E-state index in [9.17, 15) is 5.11 Å². The molecule has 0 heterocycles. The highest BCUT2D eigenvalue weighted by Gasteiger charge is 2.04. The molecule has 0 aliphatic heterocycles. The molecule has 0 amide bonds. The van der Waals surface area contributed by atoms with Crippen molar-refractivity contribution in [3.8, 4) is 0 Å². The van der Waals surface area contributed by atoms with Crippen LogP contribution in [0.3, 0.4) is 0 Å². The van der Waals surface area contributed by atoms with Crippen molar-refractivity contribution in [2.45, 2.75) is 39.3 Å². The molecule has 1 unspecified atom stereocenters. The fourth-order valence-corrected chi connectivity index (χ4v) is 1.84. The summed E-state index contributed by atoms with van der Waals surface area (Å²) >= 11 is 0. The van der Waals surface area contributed by atoms with Crippen LogP contribution in [0.1, 0.15) is 37.8 Å². The molecule has 0 fully saturated rings. The van der Waals surface area contributed by atoms with E-state index in [4.69, 9.17) is 0 Å². The maximum atomic E-state index is 9.28. The smallest absolute Gasteiger partial charge is 0.0639 e. The van der Waals surface area contributed by atoms with Crippen LogP contribution in [0.15, 0.2) is 24.3 Å². The average molecular weight is 221 g/mol. The quantitative estimate of drug-likeness (QED) is 0.826. The highest BCUT2D eigenvalue weighted by atomic mass is 16.3. The molecule has 2 nitrogen and oxygen atoms in total. The Labute approximate surface area is 98.9 Å². The summed E-state index contributed by atoms with van der Waals surface area (Å²) in [5.41, 5.74) is 2.68. The lowest BCUT2D eigenvalue weighted by atomic mass is 10.0. The Kier molecular flexibility index (Phi) is 4.97. The summed E-state index contributed by atoms with van der Waals surface area (Å²) in [5.74, 6) is 0.587. The third kappa shape index (κ3) is 4.33. The predicted octanol–water partition coefficient (Wildman–Crippen LogP) is 2.62. The van der Waals surface area contributed by atoms with E-state index < -0.39 is 0 Å². The molecule has 16 heavy (non-hydrogen) atoms. The molecule has 0 bridgehead atoms.